The van der Waals surface area contributed by atoms with E-state index in [-0.39, 0.29) is 0 Å². The van der Waals surface area contributed by atoms with E-state index in [1.54, 1.807) is 0 Å². The second kappa shape index (κ2) is 3.89. The predicted molar refractivity (Wildman–Crippen MR) is 35.5 cm³/mol. The molecule has 0 radical (unpaired) electrons. The molecule has 1 nitrogen and oxygen atoms in total. The molecule has 0 aliphatic rings. The highest BCUT2D eigenvalue weighted by Crippen LogP contribution is 1.98. The van der Waals surface area contributed by atoms with Gasteiger partial charge in [0, 0.05) is 0 Å². The van der Waals surface area contributed by atoms with Crippen molar-refractivity contribution in [3.05, 3.63) is 36.9 Å². The van der Waals surface area contributed by atoms with E-state index in [0.29, 0.717) is 5.76 Å². The third kappa shape index (κ3) is 4.81. The minimum atomic E-state index is -0.506. The van der Waals surface area contributed by atoms with E-state index in [1.807, 2.05) is 0 Å². The van der Waals surface area contributed by atoms with Gasteiger partial charge in [-0.1, -0.05) is 13.2 Å². The lowest BCUT2D eigenvalue weighted by Crippen LogP contribution is -1.76. The van der Waals surface area contributed by atoms with Crippen LogP contribution in [0.4, 0.5) is 4.39 Å². The molecule has 0 heterocycles. The molecule has 50 valence electrons. The second-order valence-corrected chi connectivity index (χ2v) is 1.45. The Morgan fingerprint density at radius 2 is 2.00 bits per heavy atom. The first kappa shape index (κ1) is 7.95. The van der Waals surface area contributed by atoms with Crippen LogP contribution in [0, 0.1) is 0 Å². The van der Waals surface area contributed by atoms with Crippen LogP contribution in [-0.4, -0.2) is 7.11 Å². The third-order valence-electron chi connectivity index (χ3n) is 0.712. The predicted octanol–water partition coefficient (Wildman–Crippen LogP) is 2.19. The average Bonchev–Trinajstić information content (AvgIpc) is 1.83. The van der Waals surface area contributed by atoms with E-state index < -0.39 is 5.83 Å². The summed E-state index contributed by atoms with van der Waals surface area (Å²) in [6.45, 7) is 6.44. The fourth-order valence-electron chi connectivity index (χ4n) is 0.251. The molecule has 0 aromatic rings. The largest absolute Gasteiger partial charge is 0.497 e. The van der Waals surface area contributed by atoms with Gasteiger partial charge in [0.2, 0.25) is 0 Å². The molecule has 0 spiro atoms. The number of hydrogen-bond acceptors (Lipinski definition) is 1. The van der Waals surface area contributed by atoms with Gasteiger partial charge in [0.15, 0.2) is 0 Å². The lowest BCUT2D eigenvalue weighted by atomic mass is 10.4. The first-order chi connectivity index (χ1) is 4.16. The van der Waals surface area contributed by atoms with E-state index in [2.05, 4.69) is 17.9 Å². The van der Waals surface area contributed by atoms with Crippen LogP contribution < -0.4 is 0 Å². The van der Waals surface area contributed by atoms with Crippen molar-refractivity contribution in [2.75, 3.05) is 7.11 Å². The Morgan fingerprint density at radius 1 is 1.44 bits per heavy atom. The quantitative estimate of drug-likeness (QED) is 0.418. The van der Waals surface area contributed by atoms with Gasteiger partial charge in [-0.05, 0) is 12.2 Å². The summed E-state index contributed by atoms with van der Waals surface area (Å²) >= 11 is 0. The van der Waals surface area contributed by atoms with Crippen LogP contribution in [0.1, 0.15) is 0 Å². The van der Waals surface area contributed by atoms with Gasteiger partial charge in [0.25, 0.3) is 0 Å². The van der Waals surface area contributed by atoms with Crippen molar-refractivity contribution >= 4 is 0 Å². The molecule has 0 rings (SSSR count). The average molecular weight is 128 g/mol. The van der Waals surface area contributed by atoms with Gasteiger partial charge >= 0.3 is 0 Å². The SMILES string of the molecule is C=C(F)/C=C\C(=C)OC. The van der Waals surface area contributed by atoms with Crippen LogP contribution in [0.2, 0.25) is 0 Å². The van der Waals surface area contributed by atoms with Crippen LogP contribution in [0.3, 0.4) is 0 Å². The minimum Gasteiger partial charge on any atom is -0.497 e. The maximum Gasteiger partial charge on any atom is 0.116 e. The normalized spacial score (nSPS) is 9.56. The zero-order chi connectivity index (χ0) is 7.28. The van der Waals surface area contributed by atoms with Crippen LogP contribution in [0.5, 0.6) is 0 Å². The van der Waals surface area contributed by atoms with E-state index in [9.17, 15) is 4.39 Å². The van der Waals surface area contributed by atoms with Crippen molar-refractivity contribution in [3.63, 3.8) is 0 Å². The molecule has 2 heteroatoms. The van der Waals surface area contributed by atoms with Crippen LogP contribution in [0.15, 0.2) is 36.9 Å². The Bertz CT molecular complexity index is 147. The number of halogens is 1. The molecule has 0 aliphatic heterocycles. The number of hydrogen-bond donors (Lipinski definition) is 0. The monoisotopic (exact) mass is 128 g/mol. The van der Waals surface area contributed by atoms with Crippen LogP contribution in [0.25, 0.3) is 0 Å². The maximum atomic E-state index is 11.8. The maximum absolute atomic E-state index is 11.8. The van der Waals surface area contributed by atoms with Crippen LogP contribution in [-0.2, 0) is 4.74 Å². The van der Waals surface area contributed by atoms with E-state index >= 15 is 0 Å². The minimum absolute atomic E-state index is 0.411. The molecule has 0 amide bonds. The highest BCUT2D eigenvalue weighted by molar-refractivity contribution is 5.16. The molecular weight excluding hydrogens is 119 g/mol. The molecule has 0 aliphatic carbocycles. The number of ether oxygens (including phenoxy) is 1. The molecule has 0 fully saturated rings. The van der Waals surface area contributed by atoms with Gasteiger partial charge in [-0.15, -0.1) is 0 Å². The summed E-state index contributed by atoms with van der Waals surface area (Å²) in [6, 6.07) is 0. The van der Waals surface area contributed by atoms with E-state index in [1.165, 1.54) is 19.3 Å². The molecule has 0 aromatic carbocycles. The Hall–Kier alpha value is -1.05. The number of rotatable bonds is 3. The smallest absolute Gasteiger partial charge is 0.116 e. The Balaban J connectivity index is 3.71. The first-order valence-electron chi connectivity index (χ1n) is 2.42. The van der Waals surface area contributed by atoms with Crippen molar-refractivity contribution in [2.45, 2.75) is 0 Å². The van der Waals surface area contributed by atoms with Gasteiger partial charge in [0.1, 0.15) is 11.6 Å². The Kier molecular flexibility index (Phi) is 3.44. The van der Waals surface area contributed by atoms with Crippen molar-refractivity contribution < 1.29 is 9.13 Å². The van der Waals surface area contributed by atoms with E-state index in [0.717, 1.165) is 0 Å². The summed E-state index contributed by atoms with van der Waals surface area (Å²) in [7, 11) is 1.47. The van der Waals surface area contributed by atoms with Crippen molar-refractivity contribution in [1.29, 1.82) is 0 Å². The summed E-state index contributed by atoms with van der Waals surface area (Å²) in [6.07, 6.45) is 2.59. The lowest BCUT2D eigenvalue weighted by molar-refractivity contribution is 0.308. The summed E-state index contributed by atoms with van der Waals surface area (Å²) in [5.41, 5.74) is 0. The number of allylic oxidation sites excluding steroid dienone is 3. The molecule has 9 heavy (non-hydrogen) atoms. The molecule has 0 bridgehead atoms. The molecular formula is C7H9FO. The lowest BCUT2D eigenvalue weighted by Gasteiger charge is -1.93. The highest BCUT2D eigenvalue weighted by atomic mass is 19.1. The first-order valence-corrected chi connectivity index (χ1v) is 2.42. The molecule has 0 saturated carbocycles. The zero-order valence-electron chi connectivity index (χ0n) is 5.36. The Morgan fingerprint density at radius 3 is 2.33 bits per heavy atom. The molecule has 0 saturated heterocycles. The third-order valence-corrected chi connectivity index (χ3v) is 0.712. The second-order valence-electron chi connectivity index (χ2n) is 1.45. The Labute approximate surface area is 54.1 Å². The molecule has 0 aromatic heterocycles. The molecule has 0 atom stereocenters. The standard InChI is InChI=1S/C7H9FO/c1-6(8)4-5-7(2)9-3/h4-5H,1-2H2,3H3/b5-4-. The topological polar surface area (TPSA) is 9.23 Å². The van der Waals surface area contributed by atoms with Crippen molar-refractivity contribution in [1.82, 2.24) is 0 Å². The summed E-state index contributed by atoms with van der Waals surface area (Å²) in [5, 5.41) is 0. The molecule has 0 N–H and O–H groups in total. The van der Waals surface area contributed by atoms with Gasteiger partial charge < -0.3 is 4.74 Å². The summed E-state index contributed by atoms with van der Waals surface area (Å²) in [5.74, 6) is -0.0954. The van der Waals surface area contributed by atoms with Crippen molar-refractivity contribution in [2.24, 2.45) is 0 Å². The fraction of sp³-hybridized carbons (Fsp3) is 0.143. The highest BCUT2D eigenvalue weighted by Gasteiger charge is 1.82. The summed E-state index contributed by atoms with van der Waals surface area (Å²) < 4.78 is 16.4. The van der Waals surface area contributed by atoms with Crippen LogP contribution >= 0.6 is 0 Å². The fourth-order valence-corrected chi connectivity index (χ4v) is 0.251. The van der Waals surface area contributed by atoms with Gasteiger partial charge in [-0.25, -0.2) is 4.39 Å². The zero-order valence-corrected chi connectivity index (χ0v) is 5.36. The number of methoxy groups -OCH3 is 1. The summed E-state index contributed by atoms with van der Waals surface area (Å²) in [4.78, 5) is 0. The van der Waals surface area contributed by atoms with E-state index in [4.69, 9.17) is 0 Å². The van der Waals surface area contributed by atoms with Gasteiger partial charge in [0.05, 0.1) is 7.11 Å². The van der Waals surface area contributed by atoms with Gasteiger partial charge in [-0.2, -0.15) is 0 Å². The molecule has 0 unspecified atom stereocenters. The van der Waals surface area contributed by atoms with Crippen molar-refractivity contribution in [3.8, 4) is 0 Å². The van der Waals surface area contributed by atoms with Gasteiger partial charge in [-0.3, -0.25) is 0 Å².